The summed E-state index contributed by atoms with van der Waals surface area (Å²) < 4.78 is 41.4. The van der Waals surface area contributed by atoms with Gasteiger partial charge in [-0.25, -0.2) is 14.5 Å². The number of hydrogen-bond acceptors (Lipinski definition) is 4. The van der Waals surface area contributed by atoms with Gasteiger partial charge in [0.15, 0.2) is 11.3 Å². The summed E-state index contributed by atoms with van der Waals surface area (Å²) in [6, 6.07) is 3.22. The van der Waals surface area contributed by atoms with E-state index in [2.05, 4.69) is 15.1 Å². The molecule has 1 unspecified atom stereocenters. The van der Waals surface area contributed by atoms with Gasteiger partial charge >= 0.3 is 6.18 Å². The molecule has 0 aromatic carbocycles. The number of aromatic amines is 1. The van der Waals surface area contributed by atoms with Crippen LogP contribution in [-0.4, -0.2) is 42.6 Å². The molecule has 1 atom stereocenters. The Bertz CT molecular complexity index is 1020. The van der Waals surface area contributed by atoms with E-state index in [0.717, 1.165) is 12.6 Å². The highest BCUT2D eigenvalue weighted by molar-refractivity contribution is 5.36. The number of hydrogen-bond donors (Lipinski definition) is 1. The molecule has 0 spiro atoms. The number of aromatic nitrogens is 5. The van der Waals surface area contributed by atoms with Crippen molar-refractivity contribution in [2.75, 3.05) is 13.6 Å². The number of nitrogens with one attached hydrogen (secondary N) is 1. The SMILES string of the molecule is CN(Cc1cc(=O)n2[nH]ccc2n1)CC1CCc2nc(C(F)(F)F)cn2C1. The number of nitrogens with zero attached hydrogens (tertiary/aromatic N) is 5. The molecule has 1 aliphatic heterocycles. The molecule has 0 saturated heterocycles. The van der Waals surface area contributed by atoms with E-state index in [1.807, 2.05) is 11.9 Å². The Morgan fingerprint density at radius 1 is 1.37 bits per heavy atom. The first-order chi connectivity index (χ1) is 12.8. The number of imidazole rings is 1. The first-order valence-electron chi connectivity index (χ1n) is 8.67. The Balaban J connectivity index is 1.42. The minimum absolute atomic E-state index is 0.172. The van der Waals surface area contributed by atoms with E-state index >= 15 is 0 Å². The average Bonchev–Trinajstić information content (AvgIpc) is 3.20. The predicted octanol–water partition coefficient (Wildman–Crippen LogP) is 1.93. The molecule has 0 fully saturated rings. The number of H-pyrrole nitrogens is 1. The van der Waals surface area contributed by atoms with Gasteiger partial charge in [-0.1, -0.05) is 0 Å². The Hall–Kier alpha value is -2.62. The average molecular weight is 380 g/mol. The third kappa shape index (κ3) is 3.61. The van der Waals surface area contributed by atoms with Crippen LogP contribution in [0.5, 0.6) is 0 Å². The first kappa shape index (κ1) is 17.8. The predicted molar refractivity (Wildman–Crippen MR) is 91.2 cm³/mol. The van der Waals surface area contributed by atoms with Gasteiger partial charge in [-0.15, -0.1) is 0 Å². The highest BCUT2D eigenvalue weighted by Crippen LogP contribution is 2.30. The van der Waals surface area contributed by atoms with Gasteiger partial charge in [-0.3, -0.25) is 9.89 Å². The van der Waals surface area contributed by atoms with Crippen molar-refractivity contribution in [1.82, 2.24) is 29.0 Å². The van der Waals surface area contributed by atoms with Crippen molar-refractivity contribution in [3.63, 3.8) is 0 Å². The van der Waals surface area contributed by atoms with E-state index in [-0.39, 0.29) is 11.5 Å². The summed E-state index contributed by atoms with van der Waals surface area (Å²) in [5, 5.41) is 2.80. The van der Waals surface area contributed by atoms with Gasteiger partial charge < -0.3 is 9.47 Å². The number of alkyl halides is 3. The van der Waals surface area contributed by atoms with Crippen LogP contribution in [0.3, 0.4) is 0 Å². The largest absolute Gasteiger partial charge is 0.434 e. The lowest BCUT2D eigenvalue weighted by molar-refractivity contribution is -0.141. The van der Waals surface area contributed by atoms with Gasteiger partial charge in [0.25, 0.3) is 5.56 Å². The topological polar surface area (TPSA) is 71.2 Å². The molecule has 0 bridgehead atoms. The van der Waals surface area contributed by atoms with Crippen molar-refractivity contribution < 1.29 is 13.2 Å². The minimum Gasteiger partial charge on any atom is -0.334 e. The van der Waals surface area contributed by atoms with Gasteiger partial charge in [0.05, 0.1) is 5.69 Å². The van der Waals surface area contributed by atoms with Crippen molar-refractivity contribution in [2.24, 2.45) is 5.92 Å². The molecule has 4 heterocycles. The normalized spacial score (nSPS) is 17.6. The van der Waals surface area contributed by atoms with Crippen LogP contribution in [0.15, 0.2) is 29.3 Å². The van der Waals surface area contributed by atoms with E-state index in [9.17, 15) is 18.0 Å². The molecule has 144 valence electrons. The standard InChI is InChI=1S/C17H19F3N6O/c1-24(9-12-6-16(27)26-15(22-12)4-5-21-26)7-11-2-3-14-23-13(17(18,19)20)10-25(14)8-11/h4-6,10-11,21H,2-3,7-9H2,1H3. The summed E-state index contributed by atoms with van der Waals surface area (Å²) in [6.45, 7) is 1.71. The maximum absolute atomic E-state index is 12.8. The van der Waals surface area contributed by atoms with Crippen LogP contribution >= 0.6 is 0 Å². The summed E-state index contributed by atoms with van der Waals surface area (Å²) in [4.78, 5) is 22.2. The Morgan fingerprint density at radius 3 is 2.96 bits per heavy atom. The summed E-state index contributed by atoms with van der Waals surface area (Å²) in [7, 11) is 1.92. The van der Waals surface area contributed by atoms with E-state index in [0.29, 0.717) is 43.2 Å². The zero-order chi connectivity index (χ0) is 19.2. The lowest BCUT2D eigenvalue weighted by atomic mass is 9.99. The van der Waals surface area contributed by atoms with Crippen LogP contribution in [0.1, 0.15) is 23.6 Å². The molecule has 3 aromatic rings. The number of aryl methyl sites for hydroxylation is 1. The van der Waals surface area contributed by atoms with Crippen LogP contribution in [0, 0.1) is 5.92 Å². The molecular formula is C17H19F3N6O. The van der Waals surface area contributed by atoms with E-state index in [1.165, 1.54) is 10.6 Å². The van der Waals surface area contributed by atoms with Crippen molar-refractivity contribution in [2.45, 2.75) is 32.1 Å². The number of halogens is 3. The lowest BCUT2D eigenvalue weighted by Gasteiger charge is -2.27. The van der Waals surface area contributed by atoms with Crippen LogP contribution in [-0.2, 0) is 25.7 Å². The molecule has 7 nitrogen and oxygen atoms in total. The van der Waals surface area contributed by atoms with Crippen molar-refractivity contribution in [3.8, 4) is 0 Å². The van der Waals surface area contributed by atoms with Crippen LogP contribution < -0.4 is 5.56 Å². The molecule has 0 radical (unpaired) electrons. The summed E-state index contributed by atoms with van der Waals surface area (Å²) in [5.41, 5.74) is 0.233. The van der Waals surface area contributed by atoms with E-state index in [4.69, 9.17) is 0 Å². The summed E-state index contributed by atoms with van der Waals surface area (Å²) in [6.07, 6.45) is -0.344. The van der Waals surface area contributed by atoms with Crippen LogP contribution in [0.25, 0.3) is 5.65 Å². The van der Waals surface area contributed by atoms with Gasteiger partial charge in [-0.05, 0) is 19.4 Å². The first-order valence-corrected chi connectivity index (χ1v) is 8.67. The maximum atomic E-state index is 12.8. The van der Waals surface area contributed by atoms with Crippen LogP contribution in [0.2, 0.25) is 0 Å². The van der Waals surface area contributed by atoms with Crippen LogP contribution in [0.4, 0.5) is 13.2 Å². The minimum atomic E-state index is -4.41. The molecule has 0 amide bonds. The van der Waals surface area contributed by atoms with Gasteiger partial charge in [-0.2, -0.15) is 13.2 Å². The van der Waals surface area contributed by atoms with Gasteiger partial charge in [0, 0.05) is 50.6 Å². The highest BCUT2D eigenvalue weighted by Gasteiger charge is 2.35. The smallest absolute Gasteiger partial charge is 0.334 e. The van der Waals surface area contributed by atoms with Gasteiger partial charge in [0.1, 0.15) is 5.82 Å². The fourth-order valence-electron chi connectivity index (χ4n) is 3.64. The van der Waals surface area contributed by atoms with E-state index in [1.54, 1.807) is 16.8 Å². The summed E-state index contributed by atoms with van der Waals surface area (Å²) in [5.74, 6) is 0.712. The molecule has 0 aliphatic carbocycles. The second kappa shape index (κ2) is 6.52. The molecular weight excluding hydrogens is 361 g/mol. The molecule has 0 saturated carbocycles. The molecule has 3 aromatic heterocycles. The monoisotopic (exact) mass is 380 g/mol. The Kier molecular flexibility index (Phi) is 4.29. The molecule has 1 N–H and O–H groups in total. The summed E-state index contributed by atoms with van der Waals surface area (Å²) >= 11 is 0. The van der Waals surface area contributed by atoms with Crippen molar-refractivity contribution in [1.29, 1.82) is 0 Å². The lowest BCUT2D eigenvalue weighted by Crippen LogP contribution is -2.32. The fourth-order valence-corrected chi connectivity index (χ4v) is 3.64. The number of rotatable bonds is 4. The number of fused-ring (bicyclic) bond motifs is 2. The Labute approximate surface area is 152 Å². The Morgan fingerprint density at radius 2 is 2.19 bits per heavy atom. The third-order valence-corrected chi connectivity index (χ3v) is 4.82. The van der Waals surface area contributed by atoms with Gasteiger partial charge in [0.2, 0.25) is 0 Å². The zero-order valence-corrected chi connectivity index (χ0v) is 14.7. The van der Waals surface area contributed by atoms with Crippen molar-refractivity contribution >= 4 is 5.65 Å². The zero-order valence-electron chi connectivity index (χ0n) is 14.7. The quantitative estimate of drug-likeness (QED) is 0.751. The second-order valence-corrected chi connectivity index (χ2v) is 7.04. The highest BCUT2D eigenvalue weighted by atomic mass is 19.4. The second-order valence-electron chi connectivity index (χ2n) is 7.04. The third-order valence-electron chi connectivity index (χ3n) is 4.82. The van der Waals surface area contributed by atoms with Crippen molar-refractivity contribution in [3.05, 3.63) is 52.1 Å². The molecule has 1 aliphatic rings. The molecule has 27 heavy (non-hydrogen) atoms. The molecule has 10 heteroatoms. The van der Waals surface area contributed by atoms with E-state index < -0.39 is 11.9 Å². The fraction of sp³-hybridized carbons (Fsp3) is 0.471. The maximum Gasteiger partial charge on any atom is 0.434 e. The molecule has 4 rings (SSSR count).